The Bertz CT molecular complexity index is 1170. The van der Waals surface area contributed by atoms with Crippen molar-refractivity contribution in [1.29, 1.82) is 0 Å². The number of benzene rings is 2. The Balaban J connectivity index is 1.85. The highest BCUT2D eigenvalue weighted by Gasteiger charge is 2.57. The molecule has 0 aliphatic carbocycles. The number of rotatable bonds is 4. The van der Waals surface area contributed by atoms with Crippen LogP contribution in [0.4, 0.5) is 11.4 Å². The van der Waals surface area contributed by atoms with Gasteiger partial charge in [-0.05, 0) is 6.07 Å². The van der Waals surface area contributed by atoms with E-state index in [1.165, 1.54) is 18.2 Å². The number of carboxylic acid groups (broad SMARTS) is 1. The highest BCUT2D eigenvalue weighted by molar-refractivity contribution is 6.16. The van der Waals surface area contributed by atoms with Crippen LogP contribution in [-0.4, -0.2) is 38.5 Å². The molecule has 2 aliphatic heterocycles. The van der Waals surface area contributed by atoms with Gasteiger partial charge in [0, 0.05) is 47.5 Å². The van der Waals surface area contributed by atoms with E-state index < -0.39 is 28.2 Å². The van der Waals surface area contributed by atoms with Crippen LogP contribution in [0.2, 0.25) is 0 Å². The number of nitrogens with one attached hydrogen (secondary N) is 1. The third-order valence-corrected chi connectivity index (χ3v) is 4.97. The van der Waals surface area contributed by atoms with Crippen molar-refractivity contribution in [3.8, 4) is 0 Å². The smallest absolute Gasteiger partial charge is 0.328 e. The van der Waals surface area contributed by atoms with E-state index in [4.69, 9.17) is 5.11 Å². The fraction of sp³-hybridized carbons (Fsp3) is 0.100. The van der Waals surface area contributed by atoms with Crippen LogP contribution >= 0.6 is 0 Å². The number of amides is 2. The number of hydrogen-bond acceptors (Lipinski definition) is 6. The van der Waals surface area contributed by atoms with Crippen molar-refractivity contribution in [1.82, 2.24) is 5.01 Å². The first kappa shape index (κ1) is 19.0. The number of nitrogens with zero attached hydrogens (tertiary/aromatic N) is 3. The number of non-ortho nitro benzene ring substituents is 1. The number of anilines is 1. The molecule has 0 radical (unpaired) electrons. The van der Waals surface area contributed by atoms with E-state index in [2.05, 4.69) is 10.4 Å². The maximum absolute atomic E-state index is 13.0. The molecule has 0 saturated carbocycles. The van der Waals surface area contributed by atoms with Crippen LogP contribution in [0, 0.1) is 10.1 Å². The molecule has 1 atom stereocenters. The average Bonchev–Trinajstić information content (AvgIpc) is 3.26. The van der Waals surface area contributed by atoms with E-state index in [0.29, 0.717) is 28.6 Å². The fourth-order valence-electron chi connectivity index (χ4n) is 3.65. The minimum atomic E-state index is -1.52. The number of carbonyl (C=O) groups excluding carboxylic acids is 2. The zero-order chi connectivity index (χ0) is 21.5. The summed E-state index contributed by atoms with van der Waals surface area (Å²) < 4.78 is 0. The number of carboxylic acids is 1. The molecule has 0 bridgehead atoms. The minimum absolute atomic E-state index is 0.0241. The summed E-state index contributed by atoms with van der Waals surface area (Å²) in [6.45, 7) is 0. The molecule has 150 valence electrons. The quantitative estimate of drug-likeness (QED) is 0.452. The standard InChI is InChI=1S/C20H14N4O6/c25-17(8-9-18(26)27)23-20(14-6-1-2-7-15(14)21-19(20)28)11-16(22-23)12-4-3-5-13(10-12)24(29)30/h1-10H,11H2,(H,21,28)(H,26,27). The summed E-state index contributed by atoms with van der Waals surface area (Å²) in [5.41, 5.74) is 0.0301. The van der Waals surface area contributed by atoms with Gasteiger partial charge in [-0.2, -0.15) is 5.10 Å². The first-order valence-corrected chi connectivity index (χ1v) is 8.81. The summed E-state index contributed by atoms with van der Waals surface area (Å²) in [7, 11) is 0. The second kappa shape index (κ2) is 6.92. The normalized spacial score (nSPS) is 19.7. The van der Waals surface area contributed by atoms with Crippen molar-refractivity contribution in [2.45, 2.75) is 12.0 Å². The predicted octanol–water partition coefficient (Wildman–Crippen LogP) is 2.02. The molecule has 2 amide bonds. The number of hydrogen-bond donors (Lipinski definition) is 2. The largest absolute Gasteiger partial charge is 0.478 e. The number of nitro groups is 1. The van der Waals surface area contributed by atoms with Gasteiger partial charge >= 0.3 is 5.97 Å². The van der Waals surface area contributed by atoms with E-state index in [0.717, 1.165) is 11.1 Å². The van der Waals surface area contributed by atoms with Gasteiger partial charge < -0.3 is 10.4 Å². The van der Waals surface area contributed by atoms with Gasteiger partial charge in [-0.1, -0.05) is 30.3 Å². The van der Waals surface area contributed by atoms with E-state index in [-0.39, 0.29) is 12.1 Å². The molecule has 30 heavy (non-hydrogen) atoms. The summed E-state index contributed by atoms with van der Waals surface area (Å²) >= 11 is 0. The molecule has 4 rings (SSSR count). The van der Waals surface area contributed by atoms with Gasteiger partial charge in [0.1, 0.15) is 0 Å². The van der Waals surface area contributed by atoms with Gasteiger partial charge in [0.25, 0.3) is 17.5 Å². The number of nitro benzene ring substituents is 1. The molecule has 2 heterocycles. The van der Waals surface area contributed by atoms with Crippen molar-refractivity contribution in [3.63, 3.8) is 0 Å². The summed E-state index contributed by atoms with van der Waals surface area (Å²) in [6, 6.07) is 12.5. The van der Waals surface area contributed by atoms with Crippen molar-refractivity contribution >= 4 is 34.9 Å². The number of para-hydroxylation sites is 1. The lowest BCUT2D eigenvalue weighted by molar-refractivity contribution is -0.384. The third kappa shape index (κ3) is 2.91. The van der Waals surface area contributed by atoms with E-state index in [9.17, 15) is 24.5 Å². The van der Waals surface area contributed by atoms with Gasteiger partial charge in [-0.15, -0.1) is 0 Å². The van der Waals surface area contributed by atoms with E-state index >= 15 is 0 Å². The third-order valence-electron chi connectivity index (χ3n) is 4.97. The average molecular weight is 406 g/mol. The molecule has 1 spiro atoms. The van der Waals surface area contributed by atoms with Gasteiger partial charge in [0.2, 0.25) is 0 Å². The van der Waals surface area contributed by atoms with Crippen LogP contribution in [0.1, 0.15) is 17.5 Å². The Morgan fingerprint density at radius 1 is 1.20 bits per heavy atom. The maximum Gasteiger partial charge on any atom is 0.328 e. The van der Waals surface area contributed by atoms with Crippen molar-refractivity contribution in [2.75, 3.05) is 5.32 Å². The van der Waals surface area contributed by atoms with Crippen molar-refractivity contribution in [3.05, 3.63) is 81.9 Å². The number of hydrazone groups is 1. The summed E-state index contributed by atoms with van der Waals surface area (Å²) in [5, 5.41) is 27.9. The Morgan fingerprint density at radius 2 is 1.97 bits per heavy atom. The molecule has 10 heteroatoms. The molecular formula is C20H14N4O6. The molecule has 0 saturated heterocycles. The number of fused-ring (bicyclic) bond motifs is 2. The second-order valence-corrected chi connectivity index (χ2v) is 6.71. The Morgan fingerprint density at radius 3 is 2.70 bits per heavy atom. The monoisotopic (exact) mass is 406 g/mol. The summed E-state index contributed by atoms with van der Waals surface area (Å²) in [6.07, 6.45) is 1.46. The lowest BCUT2D eigenvalue weighted by atomic mass is 9.85. The second-order valence-electron chi connectivity index (χ2n) is 6.71. The first-order chi connectivity index (χ1) is 14.3. The molecule has 0 aromatic heterocycles. The lowest BCUT2D eigenvalue weighted by Crippen LogP contribution is -2.48. The highest BCUT2D eigenvalue weighted by atomic mass is 16.6. The maximum atomic E-state index is 13.0. The van der Waals surface area contributed by atoms with Gasteiger partial charge in [0.15, 0.2) is 5.54 Å². The summed E-state index contributed by atoms with van der Waals surface area (Å²) in [5.74, 6) is -2.62. The zero-order valence-corrected chi connectivity index (χ0v) is 15.3. The van der Waals surface area contributed by atoms with Crippen molar-refractivity contribution in [2.24, 2.45) is 5.10 Å². The molecule has 2 N–H and O–H groups in total. The summed E-state index contributed by atoms with van der Waals surface area (Å²) in [4.78, 5) is 47.3. The fourth-order valence-corrected chi connectivity index (χ4v) is 3.65. The molecule has 2 aliphatic rings. The van der Waals surface area contributed by atoms with Crippen LogP contribution in [0.15, 0.2) is 65.8 Å². The Hall–Kier alpha value is -4.34. The molecule has 2 aromatic carbocycles. The topological polar surface area (TPSA) is 142 Å². The minimum Gasteiger partial charge on any atom is -0.478 e. The molecule has 0 fully saturated rings. The van der Waals surface area contributed by atoms with Crippen LogP contribution in [0.25, 0.3) is 0 Å². The number of aliphatic carboxylic acids is 1. The first-order valence-electron chi connectivity index (χ1n) is 8.81. The lowest BCUT2D eigenvalue weighted by Gasteiger charge is -2.29. The van der Waals surface area contributed by atoms with Crippen LogP contribution < -0.4 is 5.32 Å². The van der Waals surface area contributed by atoms with Crippen LogP contribution in [0.3, 0.4) is 0 Å². The van der Waals surface area contributed by atoms with E-state index in [1.807, 2.05) is 0 Å². The number of carbonyl (C=O) groups is 3. The van der Waals surface area contributed by atoms with E-state index in [1.54, 1.807) is 30.3 Å². The van der Waals surface area contributed by atoms with Crippen molar-refractivity contribution < 1.29 is 24.4 Å². The Labute approximate surface area is 169 Å². The van der Waals surface area contributed by atoms with Gasteiger partial charge in [-0.25, -0.2) is 9.80 Å². The predicted molar refractivity (Wildman–Crippen MR) is 105 cm³/mol. The highest BCUT2D eigenvalue weighted by Crippen LogP contribution is 2.47. The Kier molecular flexibility index (Phi) is 4.38. The van der Waals surface area contributed by atoms with Crippen LogP contribution in [0.5, 0.6) is 0 Å². The molecule has 10 nitrogen and oxygen atoms in total. The van der Waals surface area contributed by atoms with Crippen LogP contribution in [-0.2, 0) is 19.9 Å². The zero-order valence-electron chi connectivity index (χ0n) is 15.3. The van der Waals surface area contributed by atoms with Gasteiger partial charge in [0.05, 0.1) is 10.6 Å². The SMILES string of the molecule is O=C(O)C=CC(=O)N1N=C(c2cccc([N+](=O)[O-])c2)CC12C(=O)Nc1ccccc12. The molecular weight excluding hydrogens is 392 g/mol. The molecule has 2 aromatic rings. The van der Waals surface area contributed by atoms with Gasteiger partial charge in [-0.3, -0.25) is 19.7 Å². The molecule has 1 unspecified atom stereocenters.